The van der Waals surface area contributed by atoms with Crippen LogP contribution in [-0.4, -0.2) is 64.4 Å². The molecule has 8 nitrogen and oxygen atoms in total. The van der Waals surface area contributed by atoms with Crippen LogP contribution >= 0.6 is 0 Å². The maximum Gasteiger partial charge on any atom is 0.259 e. The SMILES string of the molecule is COc1ncccc1C(=O)N(C)C[C@H]1OCC[C@H]1c1n[nH]c(C)n1. The number of nitrogens with zero attached hydrogens (tertiary/aromatic N) is 4. The first-order valence-corrected chi connectivity index (χ1v) is 7.85. The zero-order chi connectivity index (χ0) is 17.1. The van der Waals surface area contributed by atoms with Crippen molar-refractivity contribution in [2.75, 3.05) is 27.3 Å². The summed E-state index contributed by atoms with van der Waals surface area (Å²) < 4.78 is 11.0. The number of methoxy groups -OCH3 is 1. The topological polar surface area (TPSA) is 93.2 Å². The van der Waals surface area contributed by atoms with Crippen LogP contribution in [0.5, 0.6) is 5.88 Å². The number of ether oxygens (including phenoxy) is 2. The van der Waals surface area contributed by atoms with Gasteiger partial charge in [-0.25, -0.2) is 9.97 Å². The molecule has 128 valence electrons. The molecule has 0 aromatic carbocycles. The third-order valence-electron chi connectivity index (χ3n) is 4.15. The number of pyridine rings is 1. The van der Waals surface area contributed by atoms with E-state index in [9.17, 15) is 4.79 Å². The Balaban J connectivity index is 1.71. The average Bonchev–Trinajstić information content (AvgIpc) is 3.22. The highest BCUT2D eigenvalue weighted by atomic mass is 16.5. The lowest BCUT2D eigenvalue weighted by Gasteiger charge is -2.24. The minimum Gasteiger partial charge on any atom is -0.480 e. The summed E-state index contributed by atoms with van der Waals surface area (Å²) in [5.41, 5.74) is 0.436. The Morgan fingerprint density at radius 1 is 1.54 bits per heavy atom. The second-order valence-electron chi connectivity index (χ2n) is 5.83. The summed E-state index contributed by atoms with van der Waals surface area (Å²) in [6, 6.07) is 3.42. The highest BCUT2D eigenvalue weighted by molar-refractivity contribution is 5.96. The minimum absolute atomic E-state index is 0.0843. The number of aromatic nitrogens is 4. The molecule has 1 aliphatic heterocycles. The number of likely N-dealkylation sites (N-methyl/N-ethyl adjacent to an activating group) is 1. The maximum absolute atomic E-state index is 12.7. The molecule has 8 heteroatoms. The van der Waals surface area contributed by atoms with Crippen LogP contribution < -0.4 is 4.74 Å². The number of nitrogens with one attached hydrogen (secondary N) is 1. The first kappa shape index (κ1) is 16.4. The average molecular weight is 331 g/mol. The number of carbonyl (C=O) groups is 1. The summed E-state index contributed by atoms with van der Waals surface area (Å²) in [5.74, 6) is 1.78. The van der Waals surface area contributed by atoms with Crippen LogP contribution in [0.15, 0.2) is 18.3 Å². The van der Waals surface area contributed by atoms with Crippen molar-refractivity contribution in [2.24, 2.45) is 0 Å². The standard InChI is InChI=1S/C16H21N5O3/c1-10-18-14(20-19-10)11-6-8-24-13(11)9-21(2)16(22)12-5-4-7-17-15(12)23-3/h4-5,7,11,13H,6,8-9H2,1-3H3,(H,18,19,20)/t11-,13-/m1/s1. The molecule has 0 bridgehead atoms. The van der Waals surface area contributed by atoms with Crippen LogP contribution in [0.2, 0.25) is 0 Å². The molecule has 1 N–H and O–H groups in total. The van der Waals surface area contributed by atoms with E-state index in [2.05, 4.69) is 20.2 Å². The fourth-order valence-electron chi connectivity index (χ4n) is 2.92. The van der Waals surface area contributed by atoms with E-state index in [1.165, 1.54) is 7.11 Å². The Morgan fingerprint density at radius 3 is 3.08 bits per heavy atom. The number of carbonyl (C=O) groups excluding carboxylic acids is 1. The Morgan fingerprint density at radius 2 is 2.38 bits per heavy atom. The molecular weight excluding hydrogens is 310 g/mol. The lowest BCUT2D eigenvalue weighted by Crippen LogP contribution is -2.36. The molecule has 1 aliphatic rings. The Kier molecular flexibility index (Phi) is 4.75. The molecule has 0 unspecified atom stereocenters. The van der Waals surface area contributed by atoms with E-state index in [0.29, 0.717) is 24.6 Å². The van der Waals surface area contributed by atoms with Gasteiger partial charge in [0.15, 0.2) is 5.82 Å². The molecule has 3 heterocycles. The molecule has 2 aromatic heterocycles. The summed E-state index contributed by atoms with van der Waals surface area (Å²) in [7, 11) is 3.25. The van der Waals surface area contributed by atoms with Gasteiger partial charge in [-0.15, -0.1) is 0 Å². The first-order chi connectivity index (χ1) is 11.6. The molecule has 0 saturated carbocycles. The van der Waals surface area contributed by atoms with Crippen molar-refractivity contribution >= 4 is 5.91 Å². The van der Waals surface area contributed by atoms with Crippen molar-refractivity contribution < 1.29 is 14.3 Å². The van der Waals surface area contributed by atoms with Crippen molar-refractivity contribution in [3.8, 4) is 5.88 Å². The zero-order valence-electron chi connectivity index (χ0n) is 14.0. The van der Waals surface area contributed by atoms with Gasteiger partial charge in [-0.1, -0.05) is 0 Å². The number of aromatic amines is 1. The van der Waals surface area contributed by atoms with Gasteiger partial charge in [0.25, 0.3) is 5.91 Å². The quantitative estimate of drug-likeness (QED) is 0.884. The van der Waals surface area contributed by atoms with E-state index in [4.69, 9.17) is 9.47 Å². The molecule has 0 spiro atoms. The fraction of sp³-hybridized carbons (Fsp3) is 0.500. The Hall–Kier alpha value is -2.48. The number of aryl methyl sites for hydroxylation is 1. The van der Waals surface area contributed by atoms with Crippen LogP contribution in [0.4, 0.5) is 0 Å². The predicted molar refractivity (Wildman–Crippen MR) is 86.0 cm³/mol. The second kappa shape index (κ2) is 6.96. The summed E-state index contributed by atoms with van der Waals surface area (Å²) >= 11 is 0. The normalized spacial score (nSPS) is 20.1. The molecule has 0 radical (unpaired) electrons. The Bertz CT molecular complexity index is 717. The van der Waals surface area contributed by atoms with Crippen molar-refractivity contribution in [2.45, 2.75) is 25.4 Å². The van der Waals surface area contributed by atoms with Gasteiger partial charge in [-0.3, -0.25) is 9.89 Å². The van der Waals surface area contributed by atoms with Crippen molar-refractivity contribution in [3.05, 3.63) is 35.5 Å². The molecule has 1 fully saturated rings. The highest BCUT2D eigenvalue weighted by Crippen LogP contribution is 2.30. The number of amides is 1. The van der Waals surface area contributed by atoms with E-state index in [-0.39, 0.29) is 17.9 Å². The number of hydrogen-bond acceptors (Lipinski definition) is 6. The van der Waals surface area contributed by atoms with Crippen LogP contribution in [0, 0.1) is 6.92 Å². The van der Waals surface area contributed by atoms with Crippen molar-refractivity contribution in [3.63, 3.8) is 0 Å². The monoisotopic (exact) mass is 331 g/mol. The van der Waals surface area contributed by atoms with Gasteiger partial charge in [0.05, 0.1) is 19.1 Å². The third-order valence-corrected chi connectivity index (χ3v) is 4.15. The molecule has 2 aromatic rings. The zero-order valence-corrected chi connectivity index (χ0v) is 14.0. The molecule has 1 amide bonds. The second-order valence-corrected chi connectivity index (χ2v) is 5.83. The molecule has 3 rings (SSSR count). The third kappa shape index (κ3) is 3.23. The van der Waals surface area contributed by atoms with E-state index in [1.54, 1.807) is 30.3 Å². The van der Waals surface area contributed by atoms with E-state index >= 15 is 0 Å². The van der Waals surface area contributed by atoms with Gasteiger partial charge in [-0.2, -0.15) is 5.10 Å². The fourth-order valence-corrected chi connectivity index (χ4v) is 2.92. The predicted octanol–water partition coefficient (Wildman–Crippen LogP) is 1.16. The van der Waals surface area contributed by atoms with Crippen LogP contribution in [0.3, 0.4) is 0 Å². The summed E-state index contributed by atoms with van der Waals surface area (Å²) in [5, 5.41) is 7.10. The van der Waals surface area contributed by atoms with Gasteiger partial charge >= 0.3 is 0 Å². The van der Waals surface area contributed by atoms with Crippen molar-refractivity contribution in [1.82, 2.24) is 25.1 Å². The van der Waals surface area contributed by atoms with Crippen LogP contribution in [-0.2, 0) is 4.74 Å². The summed E-state index contributed by atoms with van der Waals surface area (Å²) in [6.07, 6.45) is 2.31. The molecule has 0 aliphatic carbocycles. The lowest BCUT2D eigenvalue weighted by molar-refractivity contribution is 0.0547. The highest BCUT2D eigenvalue weighted by Gasteiger charge is 2.34. The van der Waals surface area contributed by atoms with E-state index in [0.717, 1.165) is 18.1 Å². The van der Waals surface area contributed by atoms with Gasteiger partial charge in [0, 0.05) is 26.4 Å². The van der Waals surface area contributed by atoms with Gasteiger partial charge in [0.2, 0.25) is 5.88 Å². The molecular formula is C16H21N5O3. The number of hydrogen-bond donors (Lipinski definition) is 1. The van der Waals surface area contributed by atoms with Crippen LogP contribution in [0.1, 0.15) is 34.3 Å². The lowest BCUT2D eigenvalue weighted by atomic mass is 10.0. The van der Waals surface area contributed by atoms with E-state index < -0.39 is 0 Å². The maximum atomic E-state index is 12.7. The number of H-pyrrole nitrogens is 1. The van der Waals surface area contributed by atoms with Gasteiger partial charge in [0.1, 0.15) is 11.4 Å². The van der Waals surface area contributed by atoms with Gasteiger partial charge in [-0.05, 0) is 25.5 Å². The molecule has 1 saturated heterocycles. The molecule has 2 atom stereocenters. The largest absolute Gasteiger partial charge is 0.480 e. The molecule has 24 heavy (non-hydrogen) atoms. The smallest absolute Gasteiger partial charge is 0.259 e. The first-order valence-electron chi connectivity index (χ1n) is 7.85. The van der Waals surface area contributed by atoms with Gasteiger partial charge < -0.3 is 14.4 Å². The summed E-state index contributed by atoms with van der Waals surface area (Å²) in [6.45, 7) is 2.96. The summed E-state index contributed by atoms with van der Waals surface area (Å²) in [4.78, 5) is 22.8. The van der Waals surface area contributed by atoms with E-state index in [1.807, 2.05) is 6.92 Å². The minimum atomic E-state index is -0.152. The number of rotatable bonds is 5. The van der Waals surface area contributed by atoms with Crippen LogP contribution in [0.25, 0.3) is 0 Å². The Labute approximate surface area is 140 Å². The van der Waals surface area contributed by atoms with Crippen molar-refractivity contribution in [1.29, 1.82) is 0 Å².